The predicted octanol–water partition coefficient (Wildman–Crippen LogP) is 2.21. The number of hydrogen-bond acceptors (Lipinski definition) is 2. The van der Waals surface area contributed by atoms with Crippen LogP contribution in [0.2, 0.25) is 0 Å². The Balaban J connectivity index is 0. The van der Waals surface area contributed by atoms with E-state index < -0.39 is 0 Å². The molecule has 0 saturated heterocycles. The quantitative estimate of drug-likeness (QED) is 0.690. The average Bonchev–Trinajstić information content (AvgIpc) is 2.05. The first-order valence-electron chi connectivity index (χ1n) is 5.70. The molecule has 0 fully saturated rings. The maximum Gasteiger partial charge on any atom is 0.0104 e. The third kappa shape index (κ3) is 18.2. The minimum atomic E-state index is 0.616. The molecule has 0 aromatic heterocycles. The molecule has 1 atom stereocenters. The van der Waals surface area contributed by atoms with E-state index in [-0.39, 0.29) is 0 Å². The van der Waals surface area contributed by atoms with Crippen LogP contribution in [0.4, 0.5) is 0 Å². The summed E-state index contributed by atoms with van der Waals surface area (Å²) in [4.78, 5) is 2.36. The van der Waals surface area contributed by atoms with Crippen LogP contribution >= 0.6 is 9.24 Å². The van der Waals surface area contributed by atoms with Crippen LogP contribution in [0.1, 0.15) is 34.1 Å². The lowest BCUT2D eigenvalue weighted by Crippen LogP contribution is -2.33. The number of nitrogens with zero attached hydrogens (tertiary/aromatic N) is 1. The number of hydrogen-bond donors (Lipinski definition) is 1. The van der Waals surface area contributed by atoms with Crippen LogP contribution in [0.15, 0.2) is 0 Å². The van der Waals surface area contributed by atoms with Crippen molar-refractivity contribution >= 4 is 9.24 Å². The Hall–Kier alpha value is 0.350. The van der Waals surface area contributed by atoms with Gasteiger partial charge in [0, 0.05) is 19.1 Å². The minimum absolute atomic E-state index is 0.616. The van der Waals surface area contributed by atoms with Crippen molar-refractivity contribution in [3.05, 3.63) is 0 Å². The maximum atomic E-state index is 3.39. The van der Waals surface area contributed by atoms with Crippen LogP contribution in [-0.2, 0) is 0 Å². The Labute approximate surface area is 93.0 Å². The maximum absolute atomic E-state index is 3.39. The van der Waals surface area contributed by atoms with Gasteiger partial charge in [-0.15, -0.1) is 9.24 Å². The van der Waals surface area contributed by atoms with Gasteiger partial charge in [0.1, 0.15) is 0 Å². The lowest BCUT2D eigenvalue weighted by molar-refractivity contribution is 0.327. The normalized spacial score (nSPS) is 10.3. The molecule has 0 aliphatic carbocycles. The van der Waals surface area contributed by atoms with E-state index in [2.05, 4.69) is 54.2 Å². The monoisotopic (exact) mass is 220 g/mol. The molecular formula is C11H29N2P. The van der Waals surface area contributed by atoms with Crippen LogP contribution in [0, 0.1) is 0 Å². The molecule has 1 N–H and O–H groups in total. The molecule has 0 heterocycles. The van der Waals surface area contributed by atoms with Gasteiger partial charge in [0.25, 0.3) is 0 Å². The topological polar surface area (TPSA) is 15.3 Å². The van der Waals surface area contributed by atoms with E-state index in [1.54, 1.807) is 0 Å². The van der Waals surface area contributed by atoms with E-state index in [4.69, 9.17) is 0 Å². The Bertz CT molecular complexity index is 97.3. The standard InChI is InChI=1S/C9H22N2.C2H7P/c1-5-7-11(4)8-6-10-9(2)3;1-2-3/h9-10H,5-8H2,1-4H3;2-3H2,1H3. The fourth-order valence-corrected chi connectivity index (χ4v) is 1.04. The van der Waals surface area contributed by atoms with Gasteiger partial charge in [0.05, 0.1) is 0 Å². The number of rotatable bonds is 6. The third-order valence-corrected chi connectivity index (χ3v) is 1.65. The zero-order valence-electron chi connectivity index (χ0n) is 10.6. The SMILES string of the molecule is CCCN(C)CCNC(C)C.CCP. The molecule has 0 saturated carbocycles. The Morgan fingerprint density at radius 1 is 1.21 bits per heavy atom. The zero-order valence-corrected chi connectivity index (χ0v) is 11.8. The van der Waals surface area contributed by atoms with Gasteiger partial charge in [0.15, 0.2) is 0 Å². The summed E-state index contributed by atoms with van der Waals surface area (Å²) >= 11 is 0. The highest BCUT2D eigenvalue weighted by molar-refractivity contribution is 7.16. The fourth-order valence-electron chi connectivity index (χ4n) is 1.04. The minimum Gasteiger partial charge on any atom is -0.313 e. The molecule has 0 rings (SSSR count). The molecule has 0 aliphatic rings. The Morgan fingerprint density at radius 2 is 1.71 bits per heavy atom. The van der Waals surface area contributed by atoms with Gasteiger partial charge in [0.2, 0.25) is 0 Å². The van der Waals surface area contributed by atoms with Gasteiger partial charge in [-0.2, -0.15) is 0 Å². The molecule has 0 bridgehead atoms. The summed E-state index contributed by atoms with van der Waals surface area (Å²) in [5.41, 5.74) is 0. The molecule has 2 nitrogen and oxygen atoms in total. The van der Waals surface area contributed by atoms with Gasteiger partial charge < -0.3 is 10.2 Å². The van der Waals surface area contributed by atoms with Gasteiger partial charge in [-0.05, 0) is 26.2 Å². The molecular weight excluding hydrogens is 191 g/mol. The Kier molecular flexibility index (Phi) is 16.0. The average molecular weight is 220 g/mol. The van der Waals surface area contributed by atoms with Gasteiger partial charge >= 0.3 is 0 Å². The molecule has 0 radical (unpaired) electrons. The second-order valence-electron chi connectivity index (χ2n) is 3.82. The smallest absolute Gasteiger partial charge is 0.0104 e. The molecule has 1 unspecified atom stereocenters. The summed E-state index contributed by atoms with van der Waals surface area (Å²) in [7, 11) is 4.75. The van der Waals surface area contributed by atoms with Crippen LogP contribution in [0.5, 0.6) is 0 Å². The molecule has 0 aromatic rings. The predicted molar refractivity (Wildman–Crippen MR) is 71.2 cm³/mol. The molecule has 0 spiro atoms. The molecule has 88 valence electrons. The van der Waals surface area contributed by atoms with Crippen molar-refractivity contribution in [3.63, 3.8) is 0 Å². The van der Waals surface area contributed by atoms with Crippen LogP contribution in [-0.4, -0.2) is 43.8 Å². The summed E-state index contributed by atoms with van der Waals surface area (Å²) < 4.78 is 0. The first kappa shape index (κ1) is 16.8. The van der Waals surface area contributed by atoms with E-state index in [1.165, 1.54) is 19.1 Å². The van der Waals surface area contributed by atoms with Gasteiger partial charge in [-0.25, -0.2) is 0 Å². The lowest BCUT2D eigenvalue weighted by atomic mass is 10.4. The molecule has 3 heteroatoms. The van der Waals surface area contributed by atoms with Crippen molar-refractivity contribution in [1.82, 2.24) is 10.2 Å². The van der Waals surface area contributed by atoms with Crippen molar-refractivity contribution in [3.8, 4) is 0 Å². The summed E-state index contributed by atoms with van der Waals surface area (Å²) in [5, 5.41) is 3.39. The van der Waals surface area contributed by atoms with Crippen LogP contribution in [0.3, 0.4) is 0 Å². The van der Waals surface area contributed by atoms with Crippen molar-refractivity contribution in [1.29, 1.82) is 0 Å². The largest absolute Gasteiger partial charge is 0.313 e. The lowest BCUT2D eigenvalue weighted by Gasteiger charge is -2.16. The van der Waals surface area contributed by atoms with Crippen molar-refractivity contribution in [2.45, 2.75) is 40.2 Å². The third-order valence-electron chi connectivity index (χ3n) is 1.65. The highest BCUT2D eigenvalue weighted by atomic mass is 31.0. The second kappa shape index (κ2) is 13.4. The zero-order chi connectivity index (χ0) is 11.4. The van der Waals surface area contributed by atoms with Crippen LogP contribution < -0.4 is 5.32 Å². The molecule has 14 heavy (non-hydrogen) atoms. The van der Waals surface area contributed by atoms with Crippen molar-refractivity contribution in [2.75, 3.05) is 32.8 Å². The summed E-state index contributed by atoms with van der Waals surface area (Å²) in [6.45, 7) is 12.1. The van der Waals surface area contributed by atoms with Crippen molar-refractivity contribution in [2.24, 2.45) is 0 Å². The summed E-state index contributed by atoms with van der Waals surface area (Å²) in [6.07, 6.45) is 2.41. The van der Waals surface area contributed by atoms with Gasteiger partial charge in [-0.3, -0.25) is 0 Å². The summed E-state index contributed by atoms with van der Waals surface area (Å²) in [5.74, 6) is 0. The first-order chi connectivity index (χ1) is 6.58. The molecule has 0 amide bonds. The number of nitrogens with one attached hydrogen (secondary N) is 1. The molecule has 0 aliphatic heterocycles. The number of likely N-dealkylation sites (N-methyl/N-ethyl adjacent to an activating group) is 1. The first-order valence-corrected chi connectivity index (χ1v) is 6.52. The highest BCUT2D eigenvalue weighted by Crippen LogP contribution is 1.84. The van der Waals surface area contributed by atoms with E-state index in [9.17, 15) is 0 Å². The second-order valence-corrected chi connectivity index (χ2v) is 4.64. The van der Waals surface area contributed by atoms with E-state index in [0.29, 0.717) is 6.04 Å². The van der Waals surface area contributed by atoms with E-state index in [0.717, 1.165) is 13.1 Å². The van der Waals surface area contributed by atoms with Gasteiger partial charge in [-0.1, -0.05) is 27.7 Å². The highest BCUT2D eigenvalue weighted by Gasteiger charge is 1.96. The fraction of sp³-hybridized carbons (Fsp3) is 1.00. The Morgan fingerprint density at radius 3 is 2.07 bits per heavy atom. The van der Waals surface area contributed by atoms with E-state index in [1.807, 2.05) is 0 Å². The molecule has 0 aromatic carbocycles. The van der Waals surface area contributed by atoms with E-state index >= 15 is 0 Å². The van der Waals surface area contributed by atoms with Crippen molar-refractivity contribution < 1.29 is 0 Å². The van der Waals surface area contributed by atoms with Crippen LogP contribution in [0.25, 0.3) is 0 Å². The summed E-state index contributed by atoms with van der Waals surface area (Å²) in [6, 6.07) is 0.616.